The van der Waals surface area contributed by atoms with Crippen LogP contribution in [-0.4, -0.2) is 62.3 Å². The molecule has 1 saturated heterocycles. The minimum absolute atomic E-state index is 0. The fourth-order valence-electron chi connectivity index (χ4n) is 3.93. The number of methoxy groups -OCH3 is 1. The number of benzene rings is 1. The first-order valence-corrected chi connectivity index (χ1v) is 9.46. The van der Waals surface area contributed by atoms with Crippen molar-refractivity contribution < 1.29 is 23.5 Å². The normalized spacial score (nSPS) is 25.0. The Hall–Kier alpha value is -1.70. The molecule has 1 N–H and O–H groups in total. The number of rotatable bonds is 4. The third kappa shape index (κ3) is 5.21. The highest BCUT2D eigenvalue weighted by Crippen LogP contribution is 2.29. The zero-order valence-corrected chi connectivity index (χ0v) is 17.1. The molecule has 3 atom stereocenters. The quantitative estimate of drug-likeness (QED) is 0.821. The number of ether oxygens (including phenoxy) is 2. The summed E-state index contributed by atoms with van der Waals surface area (Å²) in [6.45, 7) is 4.13. The Bertz CT molecular complexity index is 697. The van der Waals surface area contributed by atoms with E-state index in [-0.39, 0.29) is 42.3 Å². The fourth-order valence-corrected chi connectivity index (χ4v) is 3.93. The van der Waals surface area contributed by atoms with E-state index in [0.29, 0.717) is 50.3 Å². The Morgan fingerprint density at radius 3 is 2.64 bits per heavy atom. The SMILES string of the molecule is CO[C@@H]1CC[C@H](C(=O)N2CCOCC2)C[C@H]1NC(=O)c1cc(F)ccc1C.Cl. The fraction of sp³-hybridized carbons (Fsp3) is 0.600. The van der Waals surface area contributed by atoms with E-state index < -0.39 is 5.82 Å². The number of nitrogens with one attached hydrogen (secondary N) is 1. The van der Waals surface area contributed by atoms with Gasteiger partial charge in [-0.25, -0.2) is 4.39 Å². The Kier molecular flexibility index (Phi) is 8.22. The highest BCUT2D eigenvalue weighted by atomic mass is 35.5. The van der Waals surface area contributed by atoms with Crippen molar-refractivity contribution in [2.75, 3.05) is 33.4 Å². The first kappa shape index (κ1) is 22.6. The van der Waals surface area contributed by atoms with Gasteiger partial charge in [0.25, 0.3) is 5.91 Å². The van der Waals surface area contributed by atoms with Gasteiger partial charge in [0.2, 0.25) is 5.91 Å². The monoisotopic (exact) mass is 414 g/mol. The topological polar surface area (TPSA) is 67.9 Å². The highest BCUT2D eigenvalue weighted by Gasteiger charge is 2.37. The smallest absolute Gasteiger partial charge is 0.251 e. The maximum absolute atomic E-state index is 13.5. The summed E-state index contributed by atoms with van der Waals surface area (Å²) in [4.78, 5) is 27.3. The summed E-state index contributed by atoms with van der Waals surface area (Å²) in [6.07, 6.45) is 1.80. The van der Waals surface area contributed by atoms with Crippen LogP contribution in [0.25, 0.3) is 0 Å². The average molecular weight is 415 g/mol. The number of nitrogens with zero attached hydrogens (tertiary/aromatic N) is 1. The maximum atomic E-state index is 13.5. The zero-order chi connectivity index (χ0) is 19.4. The highest BCUT2D eigenvalue weighted by molar-refractivity contribution is 5.96. The van der Waals surface area contributed by atoms with Crippen molar-refractivity contribution >= 4 is 24.2 Å². The predicted octanol–water partition coefficient (Wildman–Crippen LogP) is 2.33. The summed E-state index contributed by atoms with van der Waals surface area (Å²) in [5.74, 6) is -0.806. The van der Waals surface area contributed by atoms with Gasteiger partial charge >= 0.3 is 0 Å². The van der Waals surface area contributed by atoms with Crippen molar-refractivity contribution in [3.05, 3.63) is 35.1 Å². The van der Waals surface area contributed by atoms with E-state index >= 15 is 0 Å². The van der Waals surface area contributed by atoms with Gasteiger partial charge in [0.05, 0.1) is 25.4 Å². The molecule has 2 amide bonds. The van der Waals surface area contributed by atoms with Crippen LogP contribution in [0.4, 0.5) is 4.39 Å². The van der Waals surface area contributed by atoms with Crippen molar-refractivity contribution in [3.63, 3.8) is 0 Å². The molecule has 1 aliphatic carbocycles. The third-order valence-electron chi connectivity index (χ3n) is 5.52. The van der Waals surface area contributed by atoms with Crippen LogP contribution in [0.5, 0.6) is 0 Å². The number of amides is 2. The van der Waals surface area contributed by atoms with Crippen LogP contribution in [-0.2, 0) is 14.3 Å². The molecular formula is C20H28ClFN2O4. The van der Waals surface area contributed by atoms with E-state index in [0.717, 1.165) is 6.42 Å². The molecule has 8 heteroatoms. The lowest BCUT2D eigenvalue weighted by Crippen LogP contribution is -2.52. The number of aryl methyl sites for hydroxylation is 1. The zero-order valence-electron chi connectivity index (χ0n) is 16.3. The molecule has 28 heavy (non-hydrogen) atoms. The largest absolute Gasteiger partial charge is 0.379 e. The van der Waals surface area contributed by atoms with Crippen LogP contribution in [0.3, 0.4) is 0 Å². The van der Waals surface area contributed by atoms with Crippen molar-refractivity contribution in [3.8, 4) is 0 Å². The molecule has 6 nitrogen and oxygen atoms in total. The molecule has 1 aliphatic heterocycles. The lowest BCUT2D eigenvalue weighted by molar-refractivity contribution is -0.142. The molecule has 1 heterocycles. The third-order valence-corrected chi connectivity index (χ3v) is 5.52. The molecule has 0 spiro atoms. The van der Waals surface area contributed by atoms with Gasteiger partial charge in [-0.3, -0.25) is 9.59 Å². The van der Waals surface area contributed by atoms with Gasteiger partial charge in [-0.2, -0.15) is 0 Å². The molecule has 0 unspecified atom stereocenters. The number of hydrogen-bond donors (Lipinski definition) is 1. The number of carbonyl (C=O) groups excluding carboxylic acids is 2. The molecule has 2 aliphatic rings. The molecule has 0 aromatic heterocycles. The minimum Gasteiger partial charge on any atom is -0.379 e. The predicted molar refractivity (Wildman–Crippen MR) is 105 cm³/mol. The van der Waals surface area contributed by atoms with E-state index in [1.54, 1.807) is 20.1 Å². The number of halogens is 2. The van der Waals surface area contributed by atoms with Crippen LogP contribution in [0.2, 0.25) is 0 Å². The second kappa shape index (κ2) is 10.2. The second-order valence-electron chi connectivity index (χ2n) is 7.26. The van der Waals surface area contributed by atoms with Gasteiger partial charge in [-0.1, -0.05) is 6.07 Å². The standard InChI is InChI=1S/C20H27FN2O4.ClH/c1-13-3-5-15(21)12-16(13)19(24)22-17-11-14(4-6-18(17)26-2)20(25)23-7-9-27-10-8-23;/h3,5,12,14,17-18H,4,6-11H2,1-2H3,(H,22,24);1H/t14-,17+,18+;/m0./s1. The number of carbonyl (C=O) groups is 2. The summed E-state index contributed by atoms with van der Waals surface area (Å²) in [6, 6.07) is 3.88. The van der Waals surface area contributed by atoms with Gasteiger partial charge < -0.3 is 19.7 Å². The maximum Gasteiger partial charge on any atom is 0.251 e. The van der Waals surface area contributed by atoms with E-state index in [9.17, 15) is 14.0 Å². The Labute approximate surface area is 171 Å². The van der Waals surface area contributed by atoms with Gasteiger partial charge in [-0.15, -0.1) is 12.4 Å². The van der Waals surface area contributed by atoms with E-state index in [1.165, 1.54) is 12.1 Å². The van der Waals surface area contributed by atoms with Crippen molar-refractivity contribution in [1.29, 1.82) is 0 Å². The van der Waals surface area contributed by atoms with Crippen molar-refractivity contribution in [1.82, 2.24) is 10.2 Å². The van der Waals surface area contributed by atoms with E-state index in [1.807, 2.05) is 4.90 Å². The van der Waals surface area contributed by atoms with Crippen LogP contribution in [0.15, 0.2) is 18.2 Å². The second-order valence-corrected chi connectivity index (χ2v) is 7.26. The summed E-state index contributed by atoms with van der Waals surface area (Å²) in [5.41, 5.74) is 1.02. The van der Waals surface area contributed by atoms with Crippen LogP contribution in [0, 0.1) is 18.7 Å². The molecule has 0 radical (unpaired) electrons. The van der Waals surface area contributed by atoms with Crippen LogP contribution >= 0.6 is 12.4 Å². The lowest BCUT2D eigenvalue weighted by atomic mass is 9.82. The van der Waals surface area contributed by atoms with Gasteiger partial charge in [0.15, 0.2) is 0 Å². The molecule has 3 rings (SSSR count). The van der Waals surface area contributed by atoms with Crippen molar-refractivity contribution in [2.24, 2.45) is 5.92 Å². The first-order chi connectivity index (χ1) is 13.0. The average Bonchev–Trinajstić information content (AvgIpc) is 2.69. The van der Waals surface area contributed by atoms with Crippen LogP contribution in [0.1, 0.15) is 35.2 Å². The molecular weight excluding hydrogens is 387 g/mol. The Morgan fingerprint density at radius 2 is 1.96 bits per heavy atom. The van der Waals surface area contributed by atoms with E-state index in [2.05, 4.69) is 5.32 Å². The molecule has 1 saturated carbocycles. The van der Waals surface area contributed by atoms with Gasteiger partial charge in [0.1, 0.15) is 5.82 Å². The van der Waals surface area contributed by atoms with E-state index in [4.69, 9.17) is 9.47 Å². The molecule has 156 valence electrons. The van der Waals surface area contributed by atoms with Gasteiger partial charge in [0, 0.05) is 31.7 Å². The molecule has 1 aromatic carbocycles. The van der Waals surface area contributed by atoms with Crippen LogP contribution < -0.4 is 5.32 Å². The Balaban J connectivity index is 0.00000280. The number of hydrogen-bond acceptors (Lipinski definition) is 4. The van der Waals surface area contributed by atoms with Gasteiger partial charge in [-0.05, 0) is 43.9 Å². The van der Waals surface area contributed by atoms with Crippen molar-refractivity contribution in [2.45, 2.75) is 38.3 Å². The molecule has 1 aromatic rings. The summed E-state index contributed by atoms with van der Waals surface area (Å²) in [5, 5.41) is 2.97. The first-order valence-electron chi connectivity index (χ1n) is 9.46. The molecule has 0 bridgehead atoms. The Morgan fingerprint density at radius 1 is 1.25 bits per heavy atom. The summed E-state index contributed by atoms with van der Waals surface area (Å²) < 4.78 is 24.4. The lowest BCUT2D eigenvalue weighted by Gasteiger charge is -2.38. The summed E-state index contributed by atoms with van der Waals surface area (Å²) in [7, 11) is 1.61. The summed E-state index contributed by atoms with van der Waals surface area (Å²) >= 11 is 0. The molecule has 2 fully saturated rings. The number of morpholine rings is 1. The minimum atomic E-state index is -0.446.